The van der Waals surface area contributed by atoms with Gasteiger partial charge in [0.25, 0.3) is 5.91 Å². The van der Waals surface area contributed by atoms with E-state index in [1.54, 1.807) is 7.11 Å². The topological polar surface area (TPSA) is 38.3 Å². The van der Waals surface area contributed by atoms with Crippen LogP contribution in [-0.2, 0) is 4.74 Å². The fourth-order valence-corrected chi connectivity index (χ4v) is 2.51. The van der Waals surface area contributed by atoms with Crippen LogP contribution in [0.25, 0.3) is 0 Å². The first kappa shape index (κ1) is 16.5. The molecule has 2 aromatic rings. The van der Waals surface area contributed by atoms with Gasteiger partial charge in [0, 0.05) is 13.7 Å². The fraction of sp³-hybridized carbons (Fsp3) is 0.235. The van der Waals surface area contributed by atoms with E-state index in [1.165, 1.54) is 18.2 Å². The summed E-state index contributed by atoms with van der Waals surface area (Å²) in [6.07, 6.45) is -0.310. The highest BCUT2D eigenvalue weighted by Gasteiger charge is 2.18. The highest BCUT2D eigenvalue weighted by molar-refractivity contribution is 6.33. The van der Waals surface area contributed by atoms with Crippen LogP contribution in [0, 0.1) is 12.7 Å². The van der Waals surface area contributed by atoms with E-state index in [9.17, 15) is 9.18 Å². The summed E-state index contributed by atoms with van der Waals surface area (Å²) in [5, 5.41) is 2.75. The van der Waals surface area contributed by atoms with Crippen molar-refractivity contribution in [3.63, 3.8) is 0 Å². The molecule has 0 aliphatic carbocycles. The third-order valence-corrected chi connectivity index (χ3v) is 3.77. The second kappa shape index (κ2) is 7.38. The van der Waals surface area contributed by atoms with E-state index in [2.05, 4.69) is 5.32 Å². The van der Waals surface area contributed by atoms with Crippen LogP contribution in [0.1, 0.15) is 27.6 Å². The quantitative estimate of drug-likeness (QED) is 0.907. The molecule has 1 N–H and O–H groups in total. The van der Waals surface area contributed by atoms with Gasteiger partial charge in [-0.25, -0.2) is 4.39 Å². The number of benzene rings is 2. The zero-order chi connectivity index (χ0) is 16.1. The lowest BCUT2D eigenvalue weighted by Crippen LogP contribution is -2.30. The van der Waals surface area contributed by atoms with Gasteiger partial charge in [0.05, 0.1) is 16.7 Å². The first-order chi connectivity index (χ1) is 10.5. The Bertz CT molecular complexity index is 655. The molecule has 3 nitrogen and oxygen atoms in total. The molecule has 0 bridgehead atoms. The van der Waals surface area contributed by atoms with Crippen molar-refractivity contribution in [2.45, 2.75) is 13.0 Å². The molecule has 0 spiro atoms. The third-order valence-electron chi connectivity index (χ3n) is 3.46. The van der Waals surface area contributed by atoms with Crippen LogP contribution < -0.4 is 5.32 Å². The Morgan fingerprint density at radius 2 is 2.00 bits per heavy atom. The number of rotatable bonds is 5. The van der Waals surface area contributed by atoms with Crippen molar-refractivity contribution in [2.75, 3.05) is 13.7 Å². The number of halogens is 2. The van der Waals surface area contributed by atoms with Crippen molar-refractivity contribution in [2.24, 2.45) is 0 Å². The van der Waals surface area contributed by atoms with Crippen LogP contribution in [-0.4, -0.2) is 19.6 Å². The Labute approximate surface area is 134 Å². The van der Waals surface area contributed by atoms with Crippen molar-refractivity contribution in [3.8, 4) is 0 Å². The number of carbonyl (C=O) groups is 1. The molecule has 0 saturated carbocycles. The van der Waals surface area contributed by atoms with Crippen LogP contribution in [0.2, 0.25) is 5.02 Å². The van der Waals surface area contributed by atoms with Gasteiger partial charge in [-0.1, -0.05) is 41.9 Å². The largest absolute Gasteiger partial charge is 0.375 e. The minimum absolute atomic E-state index is 0.0855. The molecular weight excluding hydrogens is 305 g/mol. The Kier molecular flexibility index (Phi) is 5.52. The molecule has 22 heavy (non-hydrogen) atoms. The van der Waals surface area contributed by atoms with Crippen LogP contribution in [0.15, 0.2) is 42.5 Å². The maximum atomic E-state index is 13.7. The standard InChI is InChI=1S/C17H17ClFNO2/c1-11-6-3-4-7-12(11)15(22-2)10-20-17(21)16-13(18)8-5-9-14(16)19/h3-9,15H,10H2,1-2H3,(H,20,21)/t15-/m1/s1. The van der Waals surface area contributed by atoms with E-state index in [0.29, 0.717) is 0 Å². The van der Waals surface area contributed by atoms with Crippen molar-refractivity contribution in [1.82, 2.24) is 5.32 Å². The summed E-state index contributed by atoms with van der Waals surface area (Å²) in [5.41, 5.74) is 1.89. The Balaban J connectivity index is 2.11. The molecule has 0 aromatic heterocycles. The van der Waals surface area contributed by atoms with Gasteiger partial charge < -0.3 is 10.1 Å². The second-order valence-corrected chi connectivity index (χ2v) is 5.29. The Hall–Kier alpha value is -1.91. The molecule has 116 valence electrons. The molecule has 0 radical (unpaired) electrons. The summed E-state index contributed by atoms with van der Waals surface area (Å²) in [6, 6.07) is 11.9. The van der Waals surface area contributed by atoms with Gasteiger partial charge in [0.15, 0.2) is 0 Å². The fourth-order valence-electron chi connectivity index (χ4n) is 2.26. The van der Waals surface area contributed by atoms with Crippen molar-refractivity contribution >= 4 is 17.5 Å². The first-order valence-electron chi connectivity index (χ1n) is 6.85. The van der Waals surface area contributed by atoms with Crippen LogP contribution in [0.4, 0.5) is 4.39 Å². The predicted octanol–water partition coefficient (Wildman–Crippen LogP) is 3.91. The SMILES string of the molecule is CO[C@H](CNC(=O)c1c(F)cccc1Cl)c1ccccc1C. The lowest BCUT2D eigenvalue weighted by molar-refractivity contribution is 0.0823. The molecule has 1 atom stereocenters. The van der Waals surface area contributed by atoms with Crippen molar-refractivity contribution < 1.29 is 13.9 Å². The number of aryl methyl sites for hydroxylation is 1. The summed E-state index contributed by atoms with van der Waals surface area (Å²) in [7, 11) is 1.57. The summed E-state index contributed by atoms with van der Waals surface area (Å²) in [5.74, 6) is -1.20. The average molecular weight is 322 g/mol. The van der Waals surface area contributed by atoms with Gasteiger partial charge >= 0.3 is 0 Å². The number of hydrogen-bond donors (Lipinski definition) is 1. The lowest BCUT2D eigenvalue weighted by Gasteiger charge is -2.18. The van der Waals surface area contributed by atoms with Gasteiger partial charge in [0.2, 0.25) is 0 Å². The van der Waals surface area contributed by atoms with Crippen molar-refractivity contribution in [1.29, 1.82) is 0 Å². The van der Waals surface area contributed by atoms with Crippen LogP contribution >= 0.6 is 11.6 Å². The first-order valence-corrected chi connectivity index (χ1v) is 7.23. The lowest BCUT2D eigenvalue weighted by atomic mass is 10.0. The van der Waals surface area contributed by atoms with E-state index in [-0.39, 0.29) is 23.2 Å². The molecule has 0 aliphatic heterocycles. The summed E-state index contributed by atoms with van der Waals surface area (Å²) >= 11 is 5.88. The zero-order valence-corrected chi connectivity index (χ0v) is 13.2. The van der Waals surface area contributed by atoms with Gasteiger partial charge in [-0.05, 0) is 30.2 Å². The second-order valence-electron chi connectivity index (χ2n) is 4.89. The Morgan fingerprint density at radius 3 is 2.64 bits per heavy atom. The molecule has 2 aromatic carbocycles. The number of ether oxygens (including phenoxy) is 1. The molecule has 0 heterocycles. The van der Waals surface area contributed by atoms with Crippen LogP contribution in [0.5, 0.6) is 0 Å². The third kappa shape index (κ3) is 3.64. The minimum atomic E-state index is -0.644. The van der Waals surface area contributed by atoms with Crippen molar-refractivity contribution in [3.05, 3.63) is 70.0 Å². The molecule has 1 amide bonds. The number of nitrogens with one attached hydrogen (secondary N) is 1. The molecule has 0 saturated heterocycles. The summed E-state index contributed by atoms with van der Waals surface area (Å²) in [4.78, 5) is 12.1. The number of amides is 1. The molecule has 2 rings (SSSR count). The van der Waals surface area contributed by atoms with E-state index in [4.69, 9.17) is 16.3 Å². The van der Waals surface area contributed by atoms with Crippen LogP contribution in [0.3, 0.4) is 0 Å². The van der Waals surface area contributed by atoms with E-state index < -0.39 is 11.7 Å². The molecular formula is C17H17ClFNO2. The van der Waals surface area contributed by atoms with Gasteiger partial charge in [-0.3, -0.25) is 4.79 Å². The minimum Gasteiger partial charge on any atom is -0.375 e. The monoisotopic (exact) mass is 321 g/mol. The molecule has 5 heteroatoms. The predicted molar refractivity (Wildman–Crippen MR) is 84.7 cm³/mol. The average Bonchev–Trinajstić information content (AvgIpc) is 2.49. The van der Waals surface area contributed by atoms with E-state index in [0.717, 1.165) is 11.1 Å². The molecule has 0 unspecified atom stereocenters. The van der Waals surface area contributed by atoms with Gasteiger partial charge in [0.1, 0.15) is 5.82 Å². The van der Waals surface area contributed by atoms with Gasteiger partial charge in [-0.2, -0.15) is 0 Å². The Morgan fingerprint density at radius 1 is 1.27 bits per heavy atom. The maximum Gasteiger partial charge on any atom is 0.255 e. The highest BCUT2D eigenvalue weighted by Crippen LogP contribution is 2.21. The normalized spacial score (nSPS) is 12.0. The number of carbonyl (C=O) groups excluding carboxylic acids is 1. The summed E-state index contributed by atoms with van der Waals surface area (Å²) < 4.78 is 19.1. The van der Waals surface area contributed by atoms with Gasteiger partial charge in [-0.15, -0.1) is 0 Å². The molecule has 0 fully saturated rings. The van der Waals surface area contributed by atoms with E-state index in [1.807, 2.05) is 31.2 Å². The highest BCUT2D eigenvalue weighted by atomic mass is 35.5. The number of hydrogen-bond acceptors (Lipinski definition) is 2. The zero-order valence-electron chi connectivity index (χ0n) is 12.4. The number of methoxy groups -OCH3 is 1. The molecule has 0 aliphatic rings. The summed E-state index contributed by atoms with van der Waals surface area (Å²) in [6.45, 7) is 2.20. The smallest absolute Gasteiger partial charge is 0.255 e. The van der Waals surface area contributed by atoms with E-state index >= 15 is 0 Å². The maximum absolute atomic E-state index is 13.7.